The molecule has 2 atom stereocenters. The summed E-state index contributed by atoms with van der Waals surface area (Å²) in [5.41, 5.74) is 0. The van der Waals surface area contributed by atoms with E-state index in [0.717, 1.165) is 0 Å². The monoisotopic (exact) mass is 155 g/mol. The van der Waals surface area contributed by atoms with E-state index >= 15 is 0 Å². The van der Waals surface area contributed by atoms with Gasteiger partial charge in [0.2, 0.25) is 0 Å². The van der Waals surface area contributed by atoms with E-state index in [-0.39, 0.29) is 18.1 Å². The second kappa shape index (κ2) is 3.05. The van der Waals surface area contributed by atoms with E-state index in [1.54, 1.807) is 19.0 Å². The summed E-state index contributed by atoms with van der Waals surface area (Å²) in [7, 11) is 3.47. The van der Waals surface area contributed by atoms with Crippen molar-refractivity contribution < 1.29 is 9.53 Å². The number of hydrogen-bond acceptors (Lipinski definition) is 2. The summed E-state index contributed by atoms with van der Waals surface area (Å²) in [5, 5.41) is 0. The molecular formula is C8H13NO2. The number of epoxide rings is 1. The highest BCUT2D eigenvalue weighted by Gasteiger charge is 2.43. The van der Waals surface area contributed by atoms with Crippen molar-refractivity contribution in [3.63, 3.8) is 0 Å². The molecule has 1 heterocycles. The Morgan fingerprint density at radius 2 is 2.18 bits per heavy atom. The van der Waals surface area contributed by atoms with Crippen molar-refractivity contribution in [3.05, 3.63) is 12.2 Å². The second-order valence-corrected chi connectivity index (χ2v) is 2.78. The Morgan fingerprint density at radius 1 is 1.55 bits per heavy atom. The standard InChI is InChI=1S/C8H13NO2/c1-4-5-6-7(11-6)8(10)9(2)3/h4-7H,1-3H3. The molecule has 0 saturated carbocycles. The molecule has 0 bridgehead atoms. The van der Waals surface area contributed by atoms with Gasteiger partial charge in [0.15, 0.2) is 6.10 Å². The van der Waals surface area contributed by atoms with E-state index in [1.165, 1.54) is 0 Å². The lowest BCUT2D eigenvalue weighted by molar-refractivity contribution is -0.129. The zero-order valence-corrected chi connectivity index (χ0v) is 7.07. The van der Waals surface area contributed by atoms with Crippen LogP contribution in [0.1, 0.15) is 6.92 Å². The third-order valence-electron chi connectivity index (χ3n) is 1.59. The van der Waals surface area contributed by atoms with Crippen LogP contribution in [0.5, 0.6) is 0 Å². The molecule has 11 heavy (non-hydrogen) atoms. The Kier molecular flexibility index (Phi) is 2.29. The molecule has 0 aromatic carbocycles. The summed E-state index contributed by atoms with van der Waals surface area (Å²) in [4.78, 5) is 12.7. The number of nitrogens with zero attached hydrogens (tertiary/aromatic N) is 1. The van der Waals surface area contributed by atoms with Crippen molar-refractivity contribution in [2.24, 2.45) is 0 Å². The van der Waals surface area contributed by atoms with Crippen molar-refractivity contribution in [1.82, 2.24) is 4.90 Å². The first-order valence-corrected chi connectivity index (χ1v) is 3.66. The molecule has 2 unspecified atom stereocenters. The first-order chi connectivity index (χ1) is 5.16. The van der Waals surface area contributed by atoms with Gasteiger partial charge >= 0.3 is 0 Å². The van der Waals surface area contributed by atoms with Gasteiger partial charge < -0.3 is 9.64 Å². The smallest absolute Gasteiger partial charge is 0.254 e. The van der Waals surface area contributed by atoms with Gasteiger partial charge in [0, 0.05) is 14.1 Å². The van der Waals surface area contributed by atoms with Crippen LogP contribution in [0.15, 0.2) is 12.2 Å². The first-order valence-electron chi connectivity index (χ1n) is 3.66. The number of hydrogen-bond donors (Lipinski definition) is 0. The third-order valence-corrected chi connectivity index (χ3v) is 1.59. The Balaban J connectivity index is 2.38. The van der Waals surface area contributed by atoms with Gasteiger partial charge in [-0.25, -0.2) is 0 Å². The number of likely N-dealkylation sites (N-methyl/N-ethyl adjacent to an activating group) is 1. The van der Waals surface area contributed by atoms with Crippen molar-refractivity contribution >= 4 is 5.91 Å². The van der Waals surface area contributed by atoms with E-state index in [2.05, 4.69) is 0 Å². The molecule has 0 N–H and O–H groups in total. The molecule has 1 aliphatic rings. The molecule has 0 radical (unpaired) electrons. The van der Waals surface area contributed by atoms with Crippen LogP contribution in [0.4, 0.5) is 0 Å². The molecule has 1 aliphatic heterocycles. The van der Waals surface area contributed by atoms with Crippen LogP contribution in [-0.4, -0.2) is 37.1 Å². The van der Waals surface area contributed by atoms with Crippen LogP contribution < -0.4 is 0 Å². The SMILES string of the molecule is CC=CC1OC1C(=O)N(C)C. The van der Waals surface area contributed by atoms with E-state index in [1.807, 2.05) is 19.1 Å². The minimum Gasteiger partial charge on any atom is -0.355 e. The molecule has 1 rings (SSSR count). The number of ether oxygens (including phenoxy) is 1. The number of carbonyl (C=O) groups is 1. The fourth-order valence-corrected chi connectivity index (χ4v) is 0.913. The predicted molar refractivity (Wildman–Crippen MR) is 42.2 cm³/mol. The van der Waals surface area contributed by atoms with Gasteiger partial charge in [-0.05, 0) is 6.92 Å². The Bertz CT molecular complexity index is 187. The number of allylic oxidation sites excluding steroid dienone is 1. The average Bonchev–Trinajstić information content (AvgIpc) is 2.67. The van der Waals surface area contributed by atoms with E-state index in [0.29, 0.717) is 0 Å². The normalized spacial score (nSPS) is 29.0. The van der Waals surface area contributed by atoms with Crippen molar-refractivity contribution in [3.8, 4) is 0 Å². The number of rotatable bonds is 2. The van der Waals surface area contributed by atoms with E-state index in [9.17, 15) is 4.79 Å². The molecule has 1 amide bonds. The summed E-state index contributed by atoms with van der Waals surface area (Å²) < 4.78 is 5.10. The van der Waals surface area contributed by atoms with Gasteiger partial charge in [0.05, 0.1) is 0 Å². The van der Waals surface area contributed by atoms with Gasteiger partial charge in [-0.1, -0.05) is 12.2 Å². The highest BCUT2D eigenvalue weighted by Crippen LogP contribution is 2.24. The molecule has 0 aliphatic carbocycles. The summed E-state index contributed by atoms with van der Waals surface area (Å²) in [5.74, 6) is 0.0492. The van der Waals surface area contributed by atoms with Crippen LogP contribution >= 0.6 is 0 Å². The zero-order chi connectivity index (χ0) is 8.43. The largest absolute Gasteiger partial charge is 0.355 e. The molecule has 62 valence electrons. The maximum atomic E-state index is 11.2. The van der Waals surface area contributed by atoms with E-state index in [4.69, 9.17) is 4.74 Å². The van der Waals surface area contributed by atoms with Crippen LogP contribution in [0.2, 0.25) is 0 Å². The average molecular weight is 155 g/mol. The van der Waals surface area contributed by atoms with Crippen molar-refractivity contribution in [2.45, 2.75) is 19.1 Å². The van der Waals surface area contributed by atoms with Gasteiger partial charge in [-0.2, -0.15) is 0 Å². The van der Waals surface area contributed by atoms with Gasteiger partial charge in [0.25, 0.3) is 5.91 Å². The molecule has 3 nitrogen and oxygen atoms in total. The predicted octanol–water partition coefficient (Wildman–Crippen LogP) is 0.418. The van der Waals surface area contributed by atoms with Gasteiger partial charge in [-0.15, -0.1) is 0 Å². The lowest BCUT2D eigenvalue weighted by Crippen LogP contribution is -2.27. The Morgan fingerprint density at radius 3 is 2.64 bits per heavy atom. The highest BCUT2D eigenvalue weighted by molar-refractivity contribution is 5.83. The summed E-state index contributed by atoms with van der Waals surface area (Å²) in [6, 6.07) is 0. The topological polar surface area (TPSA) is 32.8 Å². The zero-order valence-electron chi connectivity index (χ0n) is 7.07. The minimum atomic E-state index is -0.221. The molecule has 0 aromatic heterocycles. The summed E-state index contributed by atoms with van der Waals surface area (Å²) >= 11 is 0. The third kappa shape index (κ3) is 1.80. The van der Waals surface area contributed by atoms with Gasteiger partial charge in [0.1, 0.15) is 6.10 Å². The number of amides is 1. The van der Waals surface area contributed by atoms with Crippen LogP contribution in [0.3, 0.4) is 0 Å². The minimum absolute atomic E-state index is 0.0231. The maximum Gasteiger partial charge on any atom is 0.254 e. The van der Waals surface area contributed by atoms with Gasteiger partial charge in [-0.3, -0.25) is 4.79 Å². The first kappa shape index (κ1) is 8.27. The fourth-order valence-electron chi connectivity index (χ4n) is 0.913. The molecule has 0 aromatic rings. The lowest BCUT2D eigenvalue weighted by Gasteiger charge is -2.06. The second-order valence-electron chi connectivity index (χ2n) is 2.78. The lowest BCUT2D eigenvalue weighted by atomic mass is 10.3. The molecule has 1 fully saturated rings. The number of carbonyl (C=O) groups excluding carboxylic acids is 1. The van der Waals surface area contributed by atoms with Crippen LogP contribution in [-0.2, 0) is 9.53 Å². The highest BCUT2D eigenvalue weighted by atomic mass is 16.6. The molecule has 1 saturated heterocycles. The van der Waals surface area contributed by atoms with E-state index < -0.39 is 0 Å². The van der Waals surface area contributed by atoms with Crippen molar-refractivity contribution in [1.29, 1.82) is 0 Å². The van der Waals surface area contributed by atoms with Crippen LogP contribution in [0.25, 0.3) is 0 Å². The maximum absolute atomic E-state index is 11.2. The summed E-state index contributed by atoms with van der Waals surface area (Å²) in [6.07, 6.45) is 3.59. The molecule has 3 heteroatoms. The molecular weight excluding hydrogens is 142 g/mol. The molecule has 0 spiro atoms. The van der Waals surface area contributed by atoms with Crippen LogP contribution in [0, 0.1) is 0 Å². The fraction of sp³-hybridized carbons (Fsp3) is 0.625. The van der Waals surface area contributed by atoms with Crippen molar-refractivity contribution in [2.75, 3.05) is 14.1 Å². The Hall–Kier alpha value is -0.830. The Labute approximate surface area is 66.6 Å². The quantitative estimate of drug-likeness (QED) is 0.427. The summed E-state index contributed by atoms with van der Waals surface area (Å²) in [6.45, 7) is 1.92.